The summed E-state index contributed by atoms with van der Waals surface area (Å²) >= 11 is 1.87. The van der Waals surface area contributed by atoms with Gasteiger partial charge in [0.2, 0.25) is 5.76 Å². The Morgan fingerprint density at radius 1 is 1.28 bits per heavy atom. The van der Waals surface area contributed by atoms with E-state index in [0.717, 1.165) is 10.9 Å². The molecule has 1 heterocycles. The summed E-state index contributed by atoms with van der Waals surface area (Å²) in [5, 5.41) is 10.1. The molecule has 0 aliphatic heterocycles. The lowest BCUT2D eigenvalue weighted by Crippen LogP contribution is -2.32. The Morgan fingerprint density at radius 3 is 2.79 bits per heavy atom. The molecule has 1 aromatic carbocycles. The zero-order valence-electron chi connectivity index (χ0n) is 16.7. The summed E-state index contributed by atoms with van der Waals surface area (Å²) in [5.74, 6) is -0.102. The largest absolute Gasteiger partial charge is 0.450 e. The Morgan fingerprint density at radius 2 is 2.03 bits per heavy atom. The third-order valence-corrected chi connectivity index (χ3v) is 6.61. The fourth-order valence-electron chi connectivity index (χ4n) is 3.49. The second-order valence-corrected chi connectivity index (χ2v) is 8.57. The smallest absolute Gasteiger partial charge is 0.375 e. The van der Waals surface area contributed by atoms with Gasteiger partial charge in [-0.05, 0) is 18.9 Å². The van der Waals surface area contributed by atoms with Crippen LogP contribution in [-0.2, 0) is 15.3 Å². The summed E-state index contributed by atoms with van der Waals surface area (Å²) in [6, 6.07) is 9.57. The van der Waals surface area contributed by atoms with Crippen molar-refractivity contribution >= 4 is 34.6 Å². The molecule has 1 aliphatic carbocycles. The highest BCUT2D eigenvalue weighted by molar-refractivity contribution is 7.99. The highest BCUT2D eigenvalue weighted by Gasteiger charge is 2.24. The third-order valence-electron chi connectivity index (χ3n) is 5.21. The minimum Gasteiger partial charge on any atom is -0.450 e. The lowest BCUT2D eigenvalue weighted by molar-refractivity contribution is -0.133. The SMILES string of the molecule is CN(CCC#N)C(=O)COC(=O)c1oc2ccccc2c1CSC1CCCCC1. The van der Waals surface area contributed by atoms with Gasteiger partial charge in [0.25, 0.3) is 5.91 Å². The topological polar surface area (TPSA) is 83.5 Å². The normalized spacial score (nSPS) is 14.5. The molecule has 29 heavy (non-hydrogen) atoms. The van der Waals surface area contributed by atoms with Crippen molar-refractivity contribution in [3.05, 3.63) is 35.6 Å². The van der Waals surface area contributed by atoms with E-state index in [0.29, 0.717) is 23.1 Å². The number of esters is 1. The van der Waals surface area contributed by atoms with E-state index in [1.54, 1.807) is 7.05 Å². The second-order valence-electron chi connectivity index (χ2n) is 7.28. The minimum atomic E-state index is -0.623. The van der Waals surface area contributed by atoms with Gasteiger partial charge in [-0.15, -0.1) is 0 Å². The number of carbonyl (C=O) groups excluding carboxylic acids is 2. The summed E-state index contributed by atoms with van der Waals surface area (Å²) in [4.78, 5) is 26.1. The molecular weight excluding hydrogens is 388 g/mol. The van der Waals surface area contributed by atoms with E-state index in [-0.39, 0.29) is 24.7 Å². The van der Waals surface area contributed by atoms with Crippen molar-refractivity contribution in [2.45, 2.75) is 49.5 Å². The molecule has 0 atom stereocenters. The van der Waals surface area contributed by atoms with Crippen LogP contribution < -0.4 is 0 Å². The Bertz CT molecular complexity index is 896. The van der Waals surface area contributed by atoms with Crippen molar-refractivity contribution in [2.24, 2.45) is 0 Å². The van der Waals surface area contributed by atoms with Crippen LogP contribution in [0.15, 0.2) is 28.7 Å². The van der Waals surface area contributed by atoms with Gasteiger partial charge in [-0.3, -0.25) is 4.79 Å². The molecule has 0 saturated heterocycles. The van der Waals surface area contributed by atoms with E-state index < -0.39 is 5.97 Å². The average molecular weight is 415 g/mol. The predicted molar refractivity (Wildman–Crippen MR) is 113 cm³/mol. The van der Waals surface area contributed by atoms with Gasteiger partial charge in [-0.2, -0.15) is 17.0 Å². The number of para-hydroxylation sites is 1. The maximum Gasteiger partial charge on any atom is 0.375 e. The quantitative estimate of drug-likeness (QED) is 0.590. The van der Waals surface area contributed by atoms with Gasteiger partial charge >= 0.3 is 5.97 Å². The van der Waals surface area contributed by atoms with Gasteiger partial charge in [-0.1, -0.05) is 37.5 Å². The molecule has 3 rings (SSSR count). The third kappa shape index (κ3) is 5.54. The van der Waals surface area contributed by atoms with Gasteiger partial charge in [0.15, 0.2) is 6.61 Å². The van der Waals surface area contributed by atoms with Crippen molar-refractivity contribution < 1.29 is 18.7 Å². The van der Waals surface area contributed by atoms with Crippen LogP contribution in [0.3, 0.4) is 0 Å². The first-order chi connectivity index (χ1) is 14.1. The summed E-state index contributed by atoms with van der Waals surface area (Å²) in [5.41, 5.74) is 1.49. The standard InChI is InChI=1S/C22H26N2O4S/c1-24(13-7-12-23)20(25)14-27-22(26)21-18(15-29-16-8-3-2-4-9-16)17-10-5-6-11-19(17)28-21/h5-6,10-11,16H,2-4,7-9,13-15H2,1H3. The number of rotatable bonds is 8. The minimum absolute atomic E-state index is 0.182. The Hall–Kier alpha value is -2.46. The molecule has 1 saturated carbocycles. The molecular formula is C22H26N2O4S. The molecule has 1 aromatic heterocycles. The van der Waals surface area contributed by atoms with Crippen LogP contribution in [0.1, 0.15) is 54.6 Å². The van der Waals surface area contributed by atoms with Gasteiger partial charge < -0.3 is 14.1 Å². The Kier molecular flexibility index (Phi) is 7.59. The maximum absolute atomic E-state index is 12.7. The molecule has 0 unspecified atom stereocenters. The molecule has 6 nitrogen and oxygen atoms in total. The predicted octanol–water partition coefficient (Wildman–Crippen LogP) is 4.53. The average Bonchev–Trinajstić information content (AvgIpc) is 3.13. The van der Waals surface area contributed by atoms with Crippen molar-refractivity contribution in [3.8, 4) is 6.07 Å². The number of hydrogen-bond acceptors (Lipinski definition) is 6. The van der Waals surface area contributed by atoms with Crippen LogP contribution in [0.5, 0.6) is 0 Å². The summed E-state index contributed by atoms with van der Waals surface area (Å²) in [7, 11) is 1.58. The molecule has 1 aliphatic rings. The number of likely N-dealkylation sites (N-methyl/N-ethyl adjacent to an activating group) is 1. The Labute approximate surface area is 175 Å². The first-order valence-electron chi connectivity index (χ1n) is 10.00. The summed E-state index contributed by atoms with van der Waals surface area (Å²) in [6.07, 6.45) is 6.50. The van der Waals surface area contributed by atoms with E-state index in [4.69, 9.17) is 14.4 Å². The number of nitrogens with zero attached hydrogens (tertiary/aromatic N) is 2. The molecule has 2 aromatic rings. The fraction of sp³-hybridized carbons (Fsp3) is 0.500. The summed E-state index contributed by atoms with van der Waals surface area (Å²) in [6.45, 7) is -0.0617. The van der Waals surface area contributed by atoms with Crippen LogP contribution in [0.25, 0.3) is 11.0 Å². The van der Waals surface area contributed by atoms with E-state index >= 15 is 0 Å². The number of thioether (sulfide) groups is 1. The first-order valence-corrected chi connectivity index (χ1v) is 11.0. The van der Waals surface area contributed by atoms with E-state index in [2.05, 4.69) is 0 Å². The van der Waals surface area contributed by atoms with Crippen LogP contribution in [0, 0.1) is 11.3 Å². The number of furan rings is 1. The molecule has 0 radical (unpaired) electrons. The van der Waals surface area contributed by atoms with Crippen LogP contribution >= 0.6 is 11.8 Å². The molecule has 7 heteroatoms. The Balaban J connectivity index is 1.69. The van der Waals surface area contributed by atoms with E-state index in [1.807, 2.05) is 42.1 Å². The van der Waals surface area contributed by atoms with E-state index in [9.17, 15) is 9.59 Å². The zero-order chi connectivity index (χ0) is 20.6. The first kappa shape index (κ1) is 21.3. The lowest BCUT2D eigenvalue weighted by atomic mass is 10.0. The molecule has 0 spiro atoms. The highest BCUT2D eigenvalue weighted by Crippen LogP contribution is 2.35. The number of nitriles is 1. The number of carbonyl (C=O) groups is 2. The van der Waals surface area contributed by atoms with Crippen LogP contribution in [0.4, 0.5) is 0 Å². The van der Waals surface area contributed by atoms with Crippen LogP contribution in [-0.4, -0.2) is 42.2 Å². The van der Waals surface area contributed by atoms with Crippen molar-refractivity contribution in [1.82, 2.24) is 4.90 Å². The number of benzene rings is 1. The summed E-state index contributed by atoms with van der Waals surface area (Å²) < 4.78 is 11.0. The zero-order valence-corrected chi connectivity index (χ0v) is 17.5. The number of ether oxygens (including phenoxy) is 1. The lowest BCUT2D eigenvalue weighted by Gasteiger charge is -2.20. The molecule has 0 bridgehead atoms. The number of amides is 1. The number of hydrogen-bond donors (Lipinski definition) is 0. The highest BCUT2D eigenvalue weighted by atomic mass is 32.2. The van der Waals surface area contributed by atoms with Crippen molar-refractivity contribution in [1.29, 1.82) is 5.26 Å². The van der Waals surface area contributed by atoms with Crippen molar-refractivity contribution in [2.75, 3.05) is 20.2 Å². The second kappa shape index (κ2) is 10.4. The van der Waals surface area contributed by atoms with Gasteiger partial charge in [0.1, 0.15) is 5.58 Å². The number of fused-ring (bicyclic) bond motifs is 1. The van der Waals surface area contributed by atoms with Crippen LogP contribution in [0.2, 0.25) is 0 Å². The van der Waals surface area contributed by atoms with Gasteiger partial charge in [0, 0.05) is 35.5 Å². The van der Waals surface area contributed by atoms with Gasteiger partial charge in [-0.25, -0.2) is 4.79 Å². The fourth-order valence-corrected chi connectivity index (χ4v) is 4.84. The monoisotopic (exact) mass is 414 g/mol. The molecule has 1 fully saturated rings. The molecule has 0 N–H and O–H groups in total. The molecule has 1 amide bonds. The van der Waals surface area contributed by atoms with Crippen molar-refractivity contribution in [3.63, 3.8) is 0 Å². The molecule has 154 valence electrons. The van der Waals surface area contributed by atoms with E-state index in [1.165, 1.54) is 37.0 Å². The maximum atomic E-state index is 12.7. The van der Waals surface area contributed by atoms with Gasteiger partial charge in [0.05, 0.1) is 12.5 Å².